The Hall–Kier alpha value is -2.49. The molecular weight excluding hydrogens is 346 g/mol. The van der Waals surface area contributed by atoms with Crippen LogP contribution in [0.3, 0.4) is 0 Å². The average molecular weight is 363 g/mol. The summed E-state index contributed by atoms with van der Waals surface area (Å²) in [7, 11) is -3.25. The van der Waals surface area contributed by atoms with E-state index < -0.39 is 15.9 Å². The van der Waals surface area contributed by atoms with Crippen molar-refractivity contribution >= 4 is 21.7 Å². The number of aromatic nitrogens is 3. The molecule has 4 rings (SSSR count). The van der Waals surface area contributed by atoms with Crippen molar-refractivity contribution in [1.82, 2.24) is 19.9 Å². The number of oxazole rings is 1. The molecule has 0 saturated carbocycles. The van der Waals surface area contributed by atoms with Crippen molar-refractivity contribution in [3.8, 4) is 0 Å². The topological polar surface area (TPSA) is 110 Å². The van der Waals surface area contributed by atoms with E-state index in [1.807, 2.05) is 4.90 Å². The fourth-order valence-electron chi connectivity index (χ4n) is 3.54. The van der Waals surface area contributed by atoms with Gasteiger partial charge >= 0.3 is 0 Å². The molecule has 0 aromatic carbocycles. The van der Waals surface area contributed by atoms with E-state index in [1.54, 1.807) is 30.3 Å². The summed E-state index contributed by atoms with van der Waals surface area (Å²) in [5.74, 6) is 0.531. The Labute approximate surface area is 144 Å². The molecule has 2 aromatic heterocycles. The lowest BCUT2D eigenvalue weighted by Crippen LogP contribution is -2.61. The van der Waals surface area contributed by atoms with E-state index in [0.29, 0.717) is 24.8 Å². The summed E-state index contributed by atoms with van der Waals surface area (Å²) < 4.78 is 29.6. The van der Waals surface area contributed by atoms with Crippen LogP contribution in [0.15, 0.2) is 29.3 Å². The number of piperazine rings is 1. The number of rotatable bonds is 2. The number of carbonyl (C=O) groups excluding carboxylic acids is 1. The predicted molar refractivity (Wildman–Crippen MR) is 87.9 cm³/mol. The number of carbonyl (C=O) groups is 1. The largest absolute Gasteiger partial charge is 0.448 e. The lowest BCUT2D eigenvalue weighted by atomic mass is 10.0. The number of fused-ring (bicyclic) bond motifs is 1. The zero-order chi connectivity index (χ0) is 17.6. The quantitative estimate of drug-likeness (QED) is 0.728. The van der Waals surface area contributed by atoms with Crippen LogP contribution in [0.4, 0.5) is 5.95 Å². The van der Waals surface area contributed by atoms with Gasteiger partial charge < -0.3 is 14.2 Å². The summed E-state index contributed by atoms with van der Waals surface area (Å²) in [6, 6.07) is 0.892. The summed E-state index contributed by atoms with van der Waals surface area (Å²) >= 11 is 0. The predicted octanol–water partition coefficient (Wildman–Crippen LogP) is -0.0990. The molecule has 1 amide bonds. The molecule has 2 aliphatic rings. The molecule has 9 nitrogen and oxygen atoms in total. The van der Waals surface area contributed by atoms with Crippen LogP contribution >= 0.6 is 0 Å². The summed E-state index contributed by atoms with van der Waals surface area (Å²) in [6.45, 7) is 2.50. The molecule has 2 aromatic rings. The molecule has 0 unspecified atom stereocenters. The van der Waals surface area contributed by atoms with Gasteiger partial charge in [0.15, 0.2) is 21.9 Å². The van der Waals surface area contributed by atoms with Crippen LogP contribution in [-0.2, 0) is 9.84 Å². The second-order valence-corrected chi connectivity index (χ2v) is 8.36. The lowest BCUT2D eigenvalue weighted by Gasteiger charge is -2.43. The van der Waals surface area contributed by atoms with Crippen LogP contribution < -0.4 is 4.90 Å². The minimum Gasteiger partial charge on any atom is -0.448 e. The maximum Gasteiger partial charge on any atom is 0.276 e. The second kappa shape index (κ2) is 5.80. The molecule has 2 saturated heterocycles. The van der Waals surface area contributed by atoms with Gasteiger partial charge in [0.1, 0.15) is 5.76 Å². The molecule has 0 aliphatic carbocycles. The number of anilines is 1. The van der Waals surface area contributed by atoms with Crippen LogP contribution in [0, 0.1) is 6.92 Å². The molecule has 0 N–H and O–H groups in total. The van der Waals surface area contributed by atoms with Crippen molar-refractivity contribution in [1.29, 1.82) is 0 Å². The fraction of sp³-hybridized carbons (Fsp3) is 0.467. The monoisotopic (exact) mass is 363 g/mol. The third-order valence-electron chi connectivity index (χ3n) is 4.69. The van der Waals surface area contributed by atoms with E-state index in [-0.39, 0.29) is 29.1 Å². The molecule has 0 spiro atoms. The summed E-state index contributed by atoms with van der Waals surface area (Å²) in [4.78, 5) is 28.8. The Bertz CT molecular complexity index is 898. The van der Waals surface area contributed by atoms with Crippen molar-refractivity contribution in [3.63, 3.8) is 0 Å². The summed E-state index contributed by atoms with van der Waals surface area (Å²) in [5, 5.41) is 0. The second-order valence-electron chi connectivity index (χ2n) is 6.21. The highest BCUT2D eigenvalue weighted by Gasteiger charge is 2.49. The Morgan fingerprint density at radius 3 is 2.56 bits per heavy atom. The molecule has 2 atom stereocenters. The summed E-state index contributed by atoms with van der Waals surface area (Å²) in [6.07, 6.45) is 4.47. The van der Waals surface area contributed by atoms with E-state index in [0.717, 1.165) is 0 Å². The summed E-state index contributed by atoms with van der Waals surface area (Å²) in [5.41, 5.74) is 0.229. The van der Waals surface area contributed by atoms with Gasteiger partial charge in [-0.05, 0) is 13.0 Å². The van der Waals surface area contributed by atoms with Crippen molar-refractivity contribution in [2.45, 2.75) is 19.0 Å². The van der Waals surface area contributed by atoms with Gasteiger partial charge in [0.05, 0.1) is 23.6 Å². The molecular formula is C15H17N5O4S. The molecule has 2 fully saturated rings. The number of hydrogen-bond acceptors (Lipinski definition) is 8. The highest BCUT2D eigenvalue weighted by Crippen LogP contribution is 2.30. The van der Waals surface area contributed by atoms with Gasteiger partial charge in [-0.15, -0.1) is 0 Å². The average Bonchev–Trinajstić information content (AvgIpc) is 3.15. The van der Waals surface area contributed by atoms with Crippen molar-refractivity contribution in [3.05, 3.63) is 36.3 Å². The van der Waals surface area contributed by atoms with Gasteiger partial charge in [0.2, 0.25) is 5.95 Å². The van der Waals surface area contributed by atoms with Crippen LogP contribution in [0.2, 0.25) is 0 Å². The first-order valence-corrected chi connectivity index (χ1v) is 9.73. The van der Waals surface area contributed by atoms with Crippen LogP contribution in [0.5, 0.6) is 0 Å². The van der Waals surface area contributed by atoms with E-state index in [2.05, 4.69) is 15.0 Å². The molecule has 10 heteroatoms. The Kier molecular flexibility index (Phi) is 3.71. The molecule has 2 aliphatic heterocycles. The van der Waals surface area contributed by atoms with Crippen molar-refractivity contribution < 1.29 is 17.6 Å². The highest BCUT2D eigenvalue weighted by molar-refractivity contribution is 7.91. The first-order chi connectivity index (χ1) is 12.0. The minimum atomic E-state index is -3.25. The van der Waals surface area contributed by atoms with Gasteiger partial charge in [-0.2, -0.15) is 0 Å². The highest BCUT2D eigenvalue weighted by atomic mass is 32.2. The SMILES string of the molecule is Cc1ocnc1C(=O)N1CCN(c2ncccn2)[C@@H]2CS(=O)(=O)C[C@@H]21. The zero-order valence-electron chi connectivity index (χ0n) is 13.6. The molecule has 0 radical (unpaired) electrons. The molecule has 0 bridgehead atoms. The number of aryl methyl sites for hydroxylation is 1. The molecule has 132 valence electrons. The smallest absolute Gasteiger partial charge is 0.276 e. The maximum absolute atomic E-state index is 12.8. The van der Waals surface area contributed by atoms with Gasteiger partial charge in [0, 0.05) is 25.5 Å². The third-order valence-corrected chi connectivity index (χ3v) is 6.39. The standard InChI is InChI=1S/C15H17N5O4S/c1-10-13(18-9-24-10)14(21)19-5-6-20(15-16-3-2-4-17-15)12-8-25(22,23)7-11(12)19/h2-4,9,11-12H,5-8H2,1H3/t11-,12+/m0/s1. The number of amides is 1. The van der Waals surface area contributed by atoms with Gasteiger partial charge in [-0.1, -0.05) is 0 Å². The van der Waals surface area contributed by atoms with Crippen LogP contribution in [-0.4, -0.2) is 70.9 Å². The maximum atomic E-state index is 12.8. The number of nitrogens with zero attached hydrogens (tertiary/aromatic N) is 5. The third kappa shape index (κ3) is 2.76. The van der Waals surface area contributed by atoms with Gasteiger partial charge in [0.25, 0.3) is 5.91 Å². The number of hydrogen-bond donors (Lipinski definition) is 0. The lowest BCUT2D eigenvalue weighted by molar-refractivity contribution is 0.0640. The van der Waals surface area contributed by atoms with Crippen molar-refractivity contribution in [2.75, 3.05) is 29.5 Å². The van der Waals surface area contributed by atoms with Crippen LogP contribution in [0.25, 0.3) is 0 Å². The van der Waals surface area contributed by atoms with E-state index >= 15 is 0 Å². The van der Waals surface area contributed by atoms with Crippen LogP contribution in [0.1, 0.15) is 16.2 Å². The fourth-order valence-corrected chi connectivity index (χ4v) is 5.52. The normalized spacial score (nSPS) is 25.0. The van der Waals surface area contributed by atoms with Gasteiger partial charge in [-0.25, -0.2) is 23.4 Å². The van der Waals surface area contributed by atoms with Gasteiger partial charge in [-0.3, -0.25) is 4.79 Å². The zero-order valence-corrected chi connectivity index (χ0v) is 14.4. The minimum absolute atomic E-state index is 0.0164. The Morgan fingerprint density at radius 2 is 1.88 bits per heavy atom. The van der Waals surface area contributed by atoms with E-state index in [4.69, 9.17) is 4.42 Å². The number of sulfone groups is 1. The van der Waals surface area contributed by atoms with Crippen molar-refractivity contribution in [2.24, 2.45) is 0 Å². The Morgan fingerprint density at radius 1 is 1.16 bits per heavy atom. The first kappa shape index (κ1) is 16.0. The molecule has 4 heterocycles. The first-order valence-electron chi connectivity index (χ1n) is 7.91. The van der Waals surface area contributed by atoms with E-state index in [1.165, 1.54) is 6.39 Å². The molecule has 25 heavy (non-hydrogen) atoms. The Balaban J connectivity index is 1.67. The van der Waals surface area contributed by atoms with E-state index in [9.17, 15) is 13.2 Å².